The Bertz CT molecular complexity index is 1580. The number of ether oxygens (including phenoxy) is 3. The fourth-order valence-corrected chi connectivity index (χ4v) is 5.03. The molecule has 0 saturated heterocycles. The summed E-state index contributed by atoms with van der Waals surface area (Å²) in [6.45, 7) is 9.62. The number of para-hydroxylation sites is 1. The molecular weight excluding hydrogens is 498 g/mol. The van der Waals surface area contributed by atoms with Gasteiger partial charge < -0.3 is 23.7 Å². The largest absolute Gasteiger partial charge is 0.467 e. The predicted molar refractivity (Wildman–Crippen MR) is 147 cm³/mol. The second-order valence-electron chi connectivity index (χ2n) is 11.0. The molecule has 0 saturated carbocycles. The van der Waals surface area contributed by atoms with Crippen LogP contribution in [0.1, 0.15) is 67.4 Å². The van der Waals surface area contributed by atoms with Crippen LogP contribution in [0, 0.1) is 0 Å². The van der Waals surface area contributed by atoms with E-state index in [9.17, 15) is 9.59 Å². The molecule has 5 rings (SSSR count). The normalized spacial score (nSPS) is 14.1. The molecular formula is C31H31NO7. The number of carbonyl (C=O) groups is 2. The standard InChI is InChI=1S/C31H31NO7/c1-30(2,3)22-8-6-7-9-24(22)32-29(35)38-19-11-13-21-25(15-19)39-28-26(21)27(34)20-12-10-18(37-17-36-16-33)14-23(20)31(28,4)5/h6-15,33H,16-17H2,1-5H3,(H,32,35). The van der Waals surface area contributed by atoms with Gasteiger partial charge in [0, 0.05) is 28.1 Å². The number of rotatable bonds is 6. The Morgan fingerprint density at radius 1 is 1.03 bits per heavy atom. The minimum Gasteiger partial charge on any atom is -0.467 e. The zero-order valence-corrected chi connectivity index (χ0v) is 22.6. The van der Waals surface area contributed by atoms with Crippen molar-refractivity contribution >= 4 is 28.5 Å². The zero-order chi connectivity index (χ0) is 27.9. The number of hydrogen-bond acceptors (Lipinski definition) is 7. The van der Waals surface area contributed by atoms with Crippen LogP contribution in [0.4, 0.5) is 10.5 Å². The Labute approximate surface area is 226 Å². The number of fused-ring (bicyclic) bond motifs is 4. The Balaban J connectivity index is 1.43. The molecule has 0 aliphatic heterocycles. The van der Waals surface area contributed by atoms with Crippen molar-refractivity contribution in [2.75, 3.05) is 18.9 Å². The van der Waals surface area contributed by atoms with Crippen molar-refractivity contribution in [3.8, 4) is 11.5 Å². The van der Waals surface area contributed by atoms with Crippen molar-refractivity contribution in [3.05, 3.63) is 88.7 Å². The molecule has 0 fully saturated rings. The average molecular weight is 530 g/mol. The second-order valence-corrected chi connectivity index (χ2v) is 11.0. The zero-order valence-electron chi connectivity index (χ0n) is 22.6. The molecule has 0 radical (unpaired) electrons. The fourth-order valence-electron chi connectivity index (χ4n) is 5.03. The molecule has 0 bridgehead atoms. The molecule has 3 aromatic carbocycles. The number of amides is 1. The maximum atomic E-state index is 13.6. The molecule has 0 spiro atoms. The number of hydrogen-bond donors (Lipinski definition) is 2. The maximum absolute atomic E-state index is 13.6. The number of ketones is 1. The molecule has 8 nitrogen and oxygen atoms in total. The minimum absolute atomic E-state index is 0.113. The molecule has 4 aromatic rings. The van der Waals surface area contributed by atoms with E-state index < -0.39 is 18.3 Å². The number of furan rings is 1. The number of anilines is 1. The third kappa shape index (κ3) is 4.89. The summed E-state index contributed by atoms with van der Waals surface area (Å²) < 4.78 is 22.2. The maximum Gasteiger partial charge on any atom is 0.417 e. The van der Waals surface area contributed by atoms with E-state index in [1.54, 1.807) is 36.4 Å². The molecule has 1 aliphatic rings. The number of benzene rings is 3. The lowest BCUT2D eigenvalue weighted by molar-refractivity contribution is -0.0653. The van der Waals surface area contributed by atoms with E-state index in [2.05, 4.69) is 26.1 Å². The summed E-state index contributed by atoms with van der Waals surface area (Å²) in [6.07, 6.45) is -0.621. The lowest BCUT2D eigenvalue weighted by Crippen LogP contribution is -2.29. The van der Waals surface area contributed by atoms with Crippen LogP contribution in [0.25, 0.3) is 11.0 Å². The smallest absolute Gasteiger partial charge is 0.417 e. The summed E-state index contributed by atoms with van der Waals surface area (Å²) in [6, 6.07) is 17.8. The first-order valence-electron chi connectivity index (χ1n) is 12.7. The van der Waals surface area contributed by atoms with E-state index in [4.69, 9.17) is 23.7 Å². The van der Waals surface area contributed by atoms with Gasteiger partial charge in [-0.25, -0.2) is 4.79 Å². The van der Waals surface area contributed by atoms with Crippen LogP contribution in [-0.2, 0) is 15.6 Å². The topological polar surface area (TPSA) is 107 Å². The summed E-state index contributed by atoms with van der Waals surface area (Å²) in [5.74, 6) is 1.18. The lowest BCUT2D eigenvalue weighted by atomic mass is 9.72. The van der Waals surface area contributed by atoms with Crippen molar-refractivity contribution in [2.45, 2.75) is 45.4 Å². The van der Waals surface area contributed by atoms with Crippen LogP contribution in [0.2, 0.25) is 0 Å². The first kappa shape index (κ1) is 26.5. The first-order valence-corrected chi connectivity index (χ1v) is 12.7. The molecule has 0 unspecified atom stereocenters. The van der Waals surface area contributed by atoms with Gasteiger partial charge in [0.2, 0.25) is 0 Å². The molecule has 1 aliphatic carbocycles. The van der Waals surface area contributed by atoms with Crippen molar-refractivity contribution < 1.29 is 33.3 Å². The lowest BCUT2D eigenvalue weighted by Gasteiger charge is -2.30. The number of aliphatic hydroxyl groups excluding tert-OH is 1. The minimum atomic E-state index is -0.649. The van der Waals surface area contributed by atoms with Crippen molar-refractivity contribution in [1.82, 2.24) is 0 Å². The molecule has 1 aromatic heterocycles. The summed E-state index contributed by atoms with van der Waals surface area (Å²) in [7, 11) is 0. The van der Waals surface area contributed by atoms with Gasteiger partial charge in [0.05, 0.1) is 5.56 Å². The van der Waals surface area contributed by atoms with Crippen molar-refractivity contribution in [2.24, 2.45) is 0 Å². The summed E-state index contributed by atoms with van der Waals surface area (Å²) >= 11 is 0. The monoisotopic (exact) mass is 529 g/mol. The van der Waals surface area contributed by atoms with Gasteiger partial charge in [-0.15, -0.1) is 0 Å². The molecule has 1 amide bonds. The van der Waals surface area contributed by atoms with Crippen LogP contribution >= 0.6 is 0 Å². The van der Waals surface area contributed by atoms with E-state index in [1.807, 2.05) is 38.1 Å². The Morgan fingerprint density at radius 2 is 1.77 bits per heavy atom. The Hall–Kier alpha value is -4.14. The molecule has 2 N–H and O–H groups in total. The van der Waals surface area contributed by atoms with Crippen molar-refractivity contribution in [3.63, 3.8) is 0 Å². The SMILES string of the molecule is CC(C)(C)c1ccccc1NC(=O)Oc1ccc2c3c(oc2c1)C(C)(C)c1cc(OCOCO)ccc1C3=O. The van der Waals surface area contributed by atoms with Gasteiger partial charge in [-0.1, -0.05) is 39.0 Å². The highest BCUT2D eigenvalue weighted by Crippen LogP contribution is 2.46. The first-order chi connectivity index (χ1) is 18.5. The number of aliphatic hydroxyl groups is 1. The van der Waals surface area contributed by atoms with Gasteiger partial charge >= 0.3 is 6.09 Å². The second kappa shape index (κ2) is 9.87. The number of nitrogens with one attached hydrogen (secondary N) is 1. The van der Waals surface area contributed by atoms with E-state index in [1.165, 1.54) is 0 Å². The quantitative estimate of drug-likeness (QED) is 0.216. The highest BCUT2D eigenvalue weighted by Gasteiger charge is 2.41. The predicted octanol–water partition coefficient (Wildman–Crippen LogP) is 6.51. The van der Waals surface area contributed by atoms with E-state index in [-0.39, 0.29) is 18.0 Å². The third-order valence-electron chi connectivity index (χ3n) is 6.95. The number of carbonyl (C=O) groups excluding carboxylic acids is 2. The van der Waals surface area contributed by atoms with Gasteiger partial charge in [0.1, 0.15) is 29.6 Å². The highest BCUT2D eigenvalue weighted by atomic mass is 16.7. The molecule has 1 heterocycles. The molecule has 0 atom stereocenters. The van der Waals surface area contributed by atoms with Crippen LogP contribution in [0.15, 0.2) is 65.1 Å². The highest BCUT2D eigenvalue weighted by molar-refractivity contribution is 6.19. The van der Waals surface area contributed by atoms with E-state index in [0.29, 0.717) is 45.0 Å². The molecule has 39 heavy (non-hydrogen) atoms. The Morgan fingerprint density at radius 3 is 2.51 bits per heavy atom. The van der Waals surface area contributed by atoms with Gasteiger partial charge in [-0.3, -0.25) is 10.1 Å². The molecule has 8 heteroatoms. The van der Waals surface area contributed by atoms with E-state index in [0.717, 1.165) is 11.1 Å². The van der Waals surface area contributed by atoms with Gasteiger partial charge in [0.15, 0.2) is 12.6 Å². The van der Waals surface area contributed by atoms with Gasteiger partial charge in [-0.05, 0) is 66.8 Å². The van der Waals surface area contributed by atoms with Crippen LogP contribution < -0.4 is 14.8 Å². The molecule has 202 valence electrons. The average Bonchev–Trinajstić information content (AvgIpc) is 3.27. The summed E-state index contributed by atoms with van der Waals surface area (Å²) in [5, 5.41) is 12.3. The van der Waals surface area contributed by atoms with Crippen LogP contribution in [0.5, 0.6) is 11.5 Å². The van der Waals surface area contributed by atoms with Gasteiger partial charge in [0.25, 0.3) is 0 Å². The summed E-state index contributed by atoms with van der Waals surface area (Å²) in [5.41, 5.74) is 3.12. The Kier molecular flexibility index (Phi) is 6.70. The summed E-state index contributed by atoms with van der Waals surface area (Å²) in [4.78, 5) is 26.3. The van der Waals surface area contributed by atoms with E-state index >= 15 is 0 Å². The van der Waals surface area contributed by atoms with Crippen LogP contribution in [0.3, 0.4) is 0 Å². The van der Waals surface area contributed by atoms with Crippen LogP contribution in [-0.4, -0.2) is 30.6 Å². The third-order valence-corrected chi connectivity index (χ3v) is 6.95. The fraction of sp³-hybridized carbons (Fsp3) is 0.290. The van der Waals surface area contributed by atoms with Gasteiger partial charge in [-0.2, -0.15) is 0 Å². The van der Waals surface area contributed by atoms with Crippen molar-refractivity contribution in [1.29, 1.82) is 0 Å².